The van der Waals surface area contributed by atoms with Gasteiger partial charge in [-0.05, 0) is 25.7 Å². The van der Waals surface area contributed by atoms with E-state index in [1.807, 2.05) is 16.8 Å². The summed E-state index contributed by atoms with van der Waals surface area (Å²) >= 11 is 0. The van der Waals surface area contributed by atoms with E-state index in [-0.39, 0.29) is 25.0 Å². The Morgan fingerprint density at radius 2 is 1.43 bits per heavy atom. The van der Waals surface area contributed by atoms with Gasteiger partial charge in [-0.25, -0.2) is 0 Å². The highest BCUT2D eigenvalue weighted by Gasteiger charge is 2.29. The van der Waals surface area contributed by atoms with E-state index in [4.69, 9.17) is 5.11 Å². The van der Waals surface area contributed by atoms with Crippen molar-refractivity contribution >= 4 is 11.9 Å². The summed E-state index contributed by atoms with van der Waals surface area (Å²) in [5.41, 5.74) is 0. The largest absolute Gasteiger partial charge is 0.480 e. The molecule has 120 valence electrons. The molecule has 0 aromatic carbocycles. The van der Waals surface area contributed by atoms with Crippen molar-refractivity contribution in [1.82, 2.24) is 9.80 Å². The van der Waals surface area contributed by atoms with Crippen molar-refractivity contribution in [2.45, 2.75) is 69.9 Å². The summed E-state index contributed by atoms with van der Waals surface area (Å²) in [6.45, 7) is 0.235. The van der Waals surface area contributed by atoms with Gasteiger partial charge in [-0.3, -0.25) is 14.5 Å². The monoisotopic (exact) mass is 296 g/mol. The Bertz CT molecular complexity index is 361. The number of rotatable bonds is 6. The molecule has 2 fully saturated rings. The lowest BCUT2D eigenvalue weighted by atomic mass is 9.94. The number of hydrogen-bond donors (Lipinski definition) is 1. The molecule has 21 heavy (non-hydrogen) atoms. The number of carbonyl (C=O) groups is 2. The first kappa shape index (κ1) is 16.3. The van der Waals surface area contributed by atoms with Crippen LogP contribution in [-0.2, 0) is 9.59 Å². The van der Waals surface area contributed by atoms with Crippen LogP contribution in [0, 0.1) is 0 Å². The van der Waals surface area contributed by atoms with Crippen LogP contribution in [0.2, 0.25) is 0 Å². The van der Waals surface area contributed by atoms with Crippen molar-refractivity contribution in [2.75, 3.05) is 20.1 Å². The Morgan fingerprint density at radius 1 is 0.905 bits per heavy atom. The molecule has 5 heteroatoms. The maximum absolute atomic E-state index is 12.5. The summed E-state index contributed by atoms with van der Waals surface area (Å²) in [7, 11) is 1.88. The summed E-state index contributed by atoms with van der Waals surface area (Å²) in [6.07, 6.45) is 10.2. The van der Waals surface area contributed by atoms with Gasteiger partial charge in [0.05, 0.1) is 13.1 Å². The molecule has 0 heterocycles. The Morgan fingerprint density at radius 3 is 2.00 bits per heavy atom. The maximum atomic E-state index is 12.5. The van der Waals surface area contributed by atoms with Gasteiger partial charge in [-0.2, -0.15) is 0 Å². The number of likely N-dealkylation sites (N-methyl/N-ethyl adjacent to an activating group) is 1. The first-order valence-corrected chi connectivity index (χ1v) is 8.29. The van der Waals surface area contributed by atoms with E-state index in [0.717, 1.165) is 38.5 Å². The molecule has 0 aromatic heterocycles. The van der Waals surface area contributed by atoms with Gasteiger partial charge in [0, 0.05) is 19.1 Å². The van der Waals surface area contributed by atoms with E-state index in [2.05, 4.69) is 0 Å². The molecular weight excluding hydrogens is 268 g/mol. The van der Waals surface area contributed by atoms with Gasteiger partial charge < -0.3 is 10.0 Å². The molecule has 0 saturated heterocycles. The zero-order valence-corrected chi connectivity index (χ0v) is 13.1. The smallest absolute Gasteiger partial charge is 0.317 e. The van der Waals surface area contributed by atoms with Gasteiger partial charge in [0.25, 0.3) is 0 Å². The minimum absolute atomic E-state index is 0.0189. The molecule has 0 aliphatic heterocycles. The first-order valence-electron chi connectivity index (χ1n) is 8.29. The van der Waals surface area contributed by atoms with Crippen molar-refractivity contribution in [3.05, 3.63) is 0 Å². The molecule has 0 bridgehead atoms. The summed E-state index contributed by atoms with van der Waals surface area (Å²) in [5, 5.41) is 9.08. The third kappa shape index (κ3) is 4.70. The molecule has 5 nitrogen and oxygen atoms in total. The molecular formula is C16H28N2O3. The molecule has 0 unspecified atom stereocenters. The number of nitrogens with zero attached hydrogens (tertiary/aromatic N) is 2. The normalized spacial score (nSPS) is 20.9. The fourth-order valence-electron chi connectivity index (χ4n) is 3.71. The van der Waals surface area contributed by atoms with Crippen LogP contribution in [0.4, 0.5) is 0 Å². The summed E-state index contributed by atoms with van der Waals surface area (Å²) in [6, 6.07) is 0.617. The van der Waals surface area contributed by atoms with Crippen LogP contribution in [0.25, 0.3) is 0 Å². The third-order valence-electron chi connectivity index (χ3n) is 5.03. The molecule has 0 radical (unpaired) electrons. The van der Waals surface area contributed by atoms with Gasteiger partial charge in [0.15, 0.2) is 0 Å². The van der Waals surface area contributed by atoms with Crippen molar-refractivity contribution in [3.63, 3.8) is 0 Å². The Hall–Kier alpha value is -1.10. The standard InChI is InChI=1S/C16H28N2O3/c1-17(13-7-3-2-4-8-13)15(19)11-18(12-16(20)21)14-9-5-6-10-14/h13-14H,2-12H2,1H3,(H,20,21). The molecule has 2 aliphatic rings. The molecule has 2 saturated carbocycles. The molecule has 1 amide bonds. The third-order valence-corrected chi connectivity index (χ3v) is 5.03. The van der Waals surface area contributed by atoms with Crippen LogP contribution in [0.3, 0.4) is 0 Å². The summed E-state index contributed by atoms with van der Waals surface area (Å²) in [5.74, 6) is -0.759. The van der Waals surface area contributed by atoms with E-state index in [0.29, 0.717) is 6.04 Å². The SMILES string of the molecule is CN(C(=O)CN(CC(=O)O)C1CCCC1)C1CCCCC1. The molecule has 2 aliphatic carbocycles. The highest BCUT2D eigenvalue weighted by Crippen LogP contribution is 2.25. The average molecular weight is 296 g/mol. The van der Waals surface area contributed by atoms with E-state index < -0.39 is 5.97 Å². The predicted molar refractivity (Wildman–Crippen MR) is 81.1 cm³/mol. The van der Waals surface area contributed by atoms with Crippen LogP contribution in [0.15, 0.2) is 0 Å². The van der Waals surface area contributed by atoms with Crippen molar-refractivity contribution in [2.24, 2.45) is 0 Å². The molecule has 0 spiro atoms. The van der Waals surface area contributed by atoms with Gasteiger partial charge >= 0.3 is 5.97 Å². The number of amides is 1. The van der Waals surface area contributed by atoms with Crippen LogP contribution < -0.4 is 0 Å². The van der Waals surface area contributed by atoms with Crippen molar-refractivity contribution in [1.29, 1.82) is 0 Å². The maximum Gasteiger partial charge on any atom is 0.317 e. The van der Waals surface area contributed by atoms with Gasteiger partial charge in [-0.1, -0.05) is 32.1 Å². The van der Waals surface area contributed by atoms with E-state index >= 15 is 0 Å². The fourth-order valence-corrected chi connectivity index (χ4v) is 3.71. The van der Waals surface area contributed by atoms with Crippen molar-refractivity contribution < 1.29 is 14.7 Å². The number of carbonyl (C=O) groups excluding carboxylic acids is 1. The summed E-state index contributed by atoms with van der Waals surface area (Å²) in [4.78, 5) is 27.3. The zero-order chi connectivity index (χ0) is 15.2. The van der Waals surface area contributed by atoms with Gasteiger partial charge in [-0.15, -0.1) is 0 Å². The second-order valence-corrected chi connectivity index (χ2v) is 6.53. The van der Waals surface area contributed by atoms with E-state index in [1.54, 1.807) is 0 Å². The summed E-state index contributed by atoms with van der Waals surface area (Å²) < 4.78 is 0. The fraction of sp³-hybridized carbons (Fsp3) is 0.875. The minimum Gasteiger partial charge on any atom is -0.480 e. The van der Waals surface area contributed by atoms with Crippen molar-refractivity contribution in [3.8, 4) is 0 Å². The second-order valence-electron chi connectivity index (χ2n) is 6.53. The first-order chi connectivity index (χ1) is 10.1. The van der Waals surface area contributed by atoms with Gasteiger partial charge in [0.2, 0.25) is 5.91 Å². The Balaban J connectivity index is 1.91. The number of carboxylic acids is 1. The van der Waals surface area contributed by atoms with Crippen LogP contribution >= 0.6 is 0 Å². The van der Waals surface area contributed by atoms with Crippen LogP contribution in [0.5, 0.6) is 0 Å². The Labute approximate surface area is 127 Å². The lowest BCUT2D eigenvalue weighted by molar-refractivity contribution is -0.141. The van der Waals surface area contributed by atoms with Crippen LogP contribution in [-0.4, -0.2) is 59.0 Å². The quantitative estimate of drug-likeness (QED) is 0.815. The highest BCUT2D eigenvalue weighted by atomic mass is 16.4. The Kier molecular flexibility index (Phi) is 6.03. The molecule has 2 rings (SSSR count). The molecule has 0 aromatic rings. The average Bonchev–Trinajstić information content (AvgIpc) is 3.00. The second kappa shape index (κ2) is 7.78. The molecule has 0 atom stereocenters. The number of aliphatic carboxylic acids is 1. The van der Waals surface area contributed by atoms with E-state index in [1.165, 1.54) is 19.3 Å². The van der Waals surface area contributed by atoms with Crippen LogP contribution in [0.1, 0.15) is 57.8 Å². The lowest BCUT2D eigenvalue weighted by Crippen LogP contribution is -2.47. The highest BCUT2D eigenvalue weighted by molar-refractivity contribution is 5.79. The lowest BCUT2D eigenvalue weighted by Gasteiger charge is -2.34. The minimum atomic E-state index is -0.838. The van der Waals surface area contributed by atoms with Gasteiger partial charge in [0.1, 0.15) is 0 Å². The number of carboxylic acid groups (broad SMARTS) is 1. The predicted octanol–water partition coefficient (Wildman–Crippen LogP) is 2.11. The number of hydrogen-bond acceptors (Lipinski definition) is 3. The zero-order valence-electron chi connectivity index (χ0n) is 13.1. The molecule has 1 N–H and O–H groups in total. The topological polar surface area (TPSA) is 60.9 Å². The van der Waals surface area contributed by atoms with E-state index in [9.17, 15) is 9.59 Å².